The maximum Gasteiger partial charge on any atom is 0.148 e. The Morgan fingerprint density at radius 3 is 1.59 bits per heavy atom. The van der Waals surface area contributed by atoms with E-state index < -0.39 is 17.2 Å². The van der Waals surface area contributed by atoms with Crippen molar-refractivity contribution < 1.29 is 31.0 Å². The Labute approximate surface area is 461 Å². The van der Waals surface area contributed by atoms with Crippen LogP contribution in [-0.4, -0.2) is 19.6 Å². The van der Waals surface area contributed by atoms with Gasteiger partial charge >= 0.3 is 0 Å². The van der Waals surface area contributed by atoms with Crippen molar-refractivity contribution in [2.75, 3.05) is 0 Å². The van der Waals surface area contributed by atoms with E-state index in [1.165, 1.54) is 5.56 Å². The molecule has 0 aliphatic carbocycles. The summed E-state index contributed by atoms with van der Waals surface area (Å²) in [5.74, 6) is 0.807. The van der Waals surface area contributed by atoms with Crippen LogP contribution in [0.1, 0.15) is 137 Å². The third kappa shape index (κ3) is 11.2. The molecule has 2 heterocycles. The van der Waals surface area contributed by atoms with Crippen molar-refractivity contribution in [1.82, 2.24) is 14.5 Å². The minimum atomic E-state index is -1.75. The molecule has 0 atom stereocenters. The minimum absolute atomic E-state index is 0. The third-order valence-electron chi connectivity index (χ3n) is 13.7. The zero-order valence-corrected chi connectivity index (χ0v) is 47.5. The van der Waals surface area contributed by atoms with Gasteiger partial charge in [-0.3, -0.25) is 9.55 Å². The van der Waals surface area contributed by atoms with E-state index >= 15 is 0 Å². The smallest absolute Gasteiger partial charge is 0.148 e. The molecule has 74 heavy (non-hydrogen) atoms. The van der Waals surface area contributed by atoms with Gasteiger partial charge in [-0.05, 0) is 103 Å². The van der Waals surface area contributed by atoms with E-state index in [4.69, 9.17) is 15.5 Å². The number of nitrogens with zero attached hydrogens (tertiary/aromatic N) is 3. The van der Waals surface area contributed by atoms with E-state index in [-0.39, 0.29) is 54.5 Å². The number of rotatable bonds is 8. The van der Waals surface area contributed by atoms with Crippen molar-refractivity contribution in [3.63, 3.8) is 0 Å². The second-order valence-electron chi connectivity index (χ2n) is 24.9. The van der Waals surface area contributed by atoms with Gasteiger partial charge < -0.3 is 5.11 Å². The molecule has 0 aliphatic heterocycles. The molecule has 0 unspecified atom stereocenters. The van der Waals surface area contributed by atoms with Crippen LogP contribution in [0, 0.1) is 11.5 Å². The van der Waals surface area contributed by atoms with Crippen molar-refractivity contribution in [3.8, 4) is 78.6 Å². The van der Waals surface area contributed by atoms with E-state index in [0.29, 0.717) is 33.8 Å². The van der Waals surface area contributed by atoms with Gasteiger partial charge in [0.1, 0.15) is 11.6 Å². The molecule has 0 aliphatic rings. The molecule has 5 heteroatoms. The molecule has 382 valence electrons. The molecule has 9 rings (SSSR count). The van der Waals surface area contributed by atoms with E-state index in [1.807, 2.05) is 32.9 Å². The number of imidazole rings is 1. The Morgan fingerprint density at radius 1 is 0.527 bits per heavy atom. The average molecular weight is 1070 g/mol. The first-order valence-corrected chi connectivity index (χ1v) is 25.7. The van der Waals surface area contributed by atoms with Crippen molar-refractivity contribution in [2.45, 2.75) is 132 Å². The van der Waals surface area contributed by atoms with Crippen molar-refractivity contribution in [1.29, 1.82) is 0 Å². The van der Waals surface area contributed by atoms with Crippen molar-refractivity contribution in [3.05, 3.63) is 192 Å². The fourth-order valence-electron chi connectivity index (χ4n) is 9.59. The Morgan fingerprint density at radius 2 is 1.05 bits per heavy atom. The van der Waals surface area contributed by atoms with Gasteiger partial charge in [-0.25, -0.2) is 4.98 Å². The first-order valence-electron chi connectivity index (χ1n) is 27.7. The van der Waals surface area contributed by atoms with Crippen LogP contribution in [0.15, 0.2) is 158 Å². The summed E-state index contributed by atoms with van der Waals surface area (Å²) in [7, 11) is 0. The summed E-state index contributed by atoms with van der Waals surface area (Å²) >= 11 is 0. The van der Waals surface area contributed by atoms with Gasteiger partial charge in [-0.15, -0.1) is 29.3 Å². The summed E-state index contributed by atoms with van der Waals surface area (Å²) < 4.78 is 38.4. The number of hydrogen-bond donors (Lipinski definition) is 1. The Kier molecular flexibility index (Phi) is 13.2. The predicted molar refractivity (Wildman–Crippen MR) is 310 cm³/mol. The van der Waals surface area contributed by atoms with E-state index in [9.17, 15) is 5.11 Å². The van der Waals surface area contributed by atoms with Crippen LogP contribution in [0.5, 0.6) is 5.75 Å². The third-order valence-corrected chi connectivity index (χ3v) is 13.7. The van der Waals surface area contributed by atoms with Gasteiger partial charge in [-0.2, -0.15) is 0 Å². The molecule has 4 nitrogen and oxygen atoms in total. The zero-order valence-electron chi connectivity index (χ0n) is 50.0. The number of benzene rings is 7. The number of para-hydroxylation sites is 1. The monoisotopic (exact) mass is 1070 g/mol. The quantitative estimate of drug-likeness (QED) is 0.122. The van der Waals surface area contributed by atoms with Crippen LogP contribution in [0.2, 0.25) is 0 Å². The van der Waals surface area contributed by atoms with Gasteiger partial charge in [0, 0.05) is 51.7 Å². The minimum Gasteiger partial charge on any atom is -0.507 e. The molecule has 9 aromatic rings. The number of hydrogen-bond acceptors (Lipinski definition) is 3. The maximum absolute atomic E-state index is 12.9. The number of phenols is 1. The van der Waals surface area contributed by atoms with Gasteiger partial charge in [0.25, 0.3) is 0 Å². The molecule has 0 radical (unpaired) electrons. The normalized spacial score (nSPS) is 13.5. The topological polar surface area (TPSA) is 50.9 Å². The molecule has 0 bridgehead atoms. The average Bonchev–Trinajstić information content (AvgIpc) is 3.95. The number of phenolic OH excluding ortho intramolecular Hbond substituents is 1. The number of aromatic hydroxyl groups is 1. The van der Waals surface area contributed by atoms with Crippen LogP contribution >= 0.6 is 0 Å². The van der Waals surface area contributed by atoms with Crippen LogP contribution in [0.25, 0.3) is 83.9 Å². The fraction of sp³-hybridized carbons (Fsp3) is 0.304. The van der Waals surface area contributed by atoms with Gasteiger partial charge in [0.15, 0.2) is 0 Å². The van der Waals surface area contributed by atoms with Crippen LogP contribution < -0.4 is 0 Å². The summed E-state index contributed by atoms with van der Waals surface area (Å²) in [5.41, 5.74) is 14.0. The summed E-state index contributed by atoms with van der Waals surface area (Å²) in [6, 6.07) is 51.6. The van der Waals surface area contributed by atoms with E-state index in [0.717, 1.165) is 72.4 Å². The fourth-order valence-corrected chi connectivity index (χ4v) is 9.59. The van der Waals surface area contributed by atoms with Gasteiger partial charge in [-0.1, -0.05) is 224 Å². The molecule has 2 aromatic heterocycles. The molecule has 0 spiro atoms. The van der Waals surface area contributed by atoms with Crippen molar-refractivity contribution in [2.24, 2.45) is 5.41 Å². The van der Waals surface area contributed by atoms with E-state index in [2.05, 4.69) is 209 Å². The molecule has 0 fully saturated rings. The summed E-state index contributed by atoms with van der Waals surface area (Å²) in [6.07, 6.45) is -0.0440. The largest absolute Gasteiger partial charge is 0.507 e. The molecule has 1 N–H and O–H groups in total. The number of fused-ring (bicyclic) bond motifs is 1. The second kappa shape index (κ2) is 20.0. The molecule has 7 aromatic carbocycles. The van der Waals surface area contributed by atoms with Crippen LogP contribution in [-0.2, 0) is 48.5 Å². The maximum atomic E-state index is 12.9. The Bertz CT molecular complexity index is 3630. The molecule has 0 saturated carbocycles. The summed E-state index contributed by atoms with van der Waals surface area (Å²) in [6.45, 7) is 31.9. The zero-order chi connectivity index (χ0) is 55.9. The number of aromatic nitrogens is 3. The predicted octanol–water partition coefficient (Wildman–Crippen LogP) is 18.7. The molecular formula is C69H74N3OPd-. The van der Waals surface area contributed by atoms with Gasteiger partial charge in [0.2, 0.25) is 0 Å². The number of pyridine rings is 1. The molecular weight excluding hydrogens is 993 g/mol. The Balaban J connectivity index is 0.00000803. The first kappa shape index (κ1) is 48.6. The molecule has 0 amide bonds. The first-order chi connectivity index (χ1) is 35.8. The summed E-state index contributed by atoms with van der Waals surface area (Å²) in [5, 5.41) is 12.9. The SMILES string of the molecule is [2H]c1cc(C([2H])([2H])C(C)(C)C)cc([2H])c1-c1ccnc(-c2[c-]c(-c3cccc4c3nc(-c3cc(C(C)(C)C)cc(C(C)(C)C)c3O)n4-c3c(-c4ccccc4)cc(C(C)(C)C)cc3-c3ccccc3)cc(C(C)(C)C)c2)c1.[Pd]. The molecule has 0 saturated heterocycles. The van der Waals surface area contributed by atoms with Crippen molar-refractivity contribution >= 4 is 11.0 Å². The van der Waals surface area contributed by atoms with E-state index in [1.54, 1.807) is 18.3 Å². The Hall–Kier alpha value is -6.38. The van der Waals surface area contributed by atoms with Crippen LogP contribution in [0.3, 0.4) is 0 Å². The standard InChI is InChI=1S/C69H74N3O.Pd/c1-65(2,3)43-44-29-31-45(32-30-44)48-33-34-70-59(38-48)50-35-49(36-51(37-50)66(4,5)6)54-27-22-28-60-61(54)71-64(57-41-53(68(10,11)12)42-58(63(57)73)69(13,14)15)72(60)62-55(46-23-18-16-19-24-46)39-52(67(7,8)9)40-56(62)47-25-20-17-21-26-47;/h16-34,36-42,73H,43H2,1-15H3;/q-1;/i31D,32D,43D2;. The second-order valence-corrected chi connectivity index (χ2v) is 24.9. The van der Waals surface area contributed by atoms with Crippen LogP contribution in [0.4, 0.5) is 0 Å². The summed E-state index contributed by atoms with van der Waals surface area (Å²) in [4.78, 5) is 10.7. The van der Waals surface area contributed by atoms with Gasteiger partial charge in [0.05, 0.1) is 25.0 Å².